The molecule has 10 aromatic rings. The third-order valence-electron chi connectivity index (χ3n) is 24.4. The van der Waals surface area contributed by atoms with Gasteiger partial charge in [0.05, 0.1) is 18.8 Å². The molecule has 1 saturated carbocycles. The number of hydrogen-bond donors (Lipinski definition) is 1. The second-order valence-corrected chi connectivity index (χ2v) is 38.9. The normalized spacial score (nSPS) is 23.0. The van der Waals surface area contributed by atoms with Crippen LogP contribution in [0.3, 0.4) is 0 Å². The number of nitrogens with zero attached hydrogens (tertiary/aromatic N) is 11. The zero-order valence-corrected chi connectivity index (χ0v) is 75.5. The third-order valence-corrected chi connectivity index (χ3v) is 31.5. The maximum absolute atomic E-state index is 14.4. The van der Waals surface area contributed by atoms with Crippen molar-refractivity contribution in [1.82, 2.24) is 25.0 Å². The average molecular weight is 1880 g/mol. The number of thioether (sulfide) groups is 5. The summed E-state index contributed by atoms with van der Waals surface area (Å²) < 4.78 is 145. The molecule has 18 nitrogen and oxygen atoms in total. The first-order chi connectivity index (χ1) is 62.9. The minimum Gasteiger partial charge on any atom is -0.383 e. The van der Waals surface area contributed by atoms with Gasteiger partial charge in [0.2, 0.25) is 27.5 Å². The lowest BCUT2D eigenvalue weighted by Crippen LogP contribution is -2.48. The van der Waals surface area contributed by atoms with E-state index >= 15 is 0 Å². The quantitative estimate of drug-likeness (QED) is 0.121. The fraction of sp³-hybridized carbons (Fsp3) is 0.265. The lowest BCUT2D eigenvalue weighted by molar-refractivity contribution is -0.143. The van der Waals surface area contributed by atoms with Crippen molar-refractivity contribution >= 4 is 125 Å². The Balaban J connectivity index is 0.000000115. The van der Waals surface area contributed by atoms with Crippen LogP contribution in [0.5, 0.6) is 0 Å². The van der Waals surface area contributed by atoms with Crippen LogP contribution in [0, 0.1) is 70.0 Å². The molecule has 11 aliphatic rings. The van der Waals surface area contributed by atoms with Gasteiger partial charge in [-0.1, -0.05) is 182 Å². The number of methoxy groups -OCH3 is 1. The number of carbonyl (C=O) groups excluding carboxylic acids is 5. The van der Waals surface area contributed by atoms with Crippen LogP contribution in [0.4, 0.5) is 55.3 Å². The minimum atomic E-state index is -1.53. The van der Waals surface area contributed by atoms with Gasteiger partial charge in [0, 0.05) is 83.7 Å². The summed E-state index contributed by atoms with van der Waals surface area (Å²) in [4.78, 5) is 61.1. The van der Waals surface area contributed by atoms with E-state index in [1.165, 1.54) is 88.3 Å². The van der Waals surface area contributed by atoms with Gasteiger partial charge >= 0.3 is 0 Å². The van der Waals surface area contributed by atoms with Crippen molar-refractivity contribution in [2.45, 2.75) is 123 Å². The molecule has 672 valence electrons. The van der Waals surface area contributed by atoms with Crippen molar-refractivity contribution in [3.63, 3.8) is 0 Å². The Morgan fingerprint density at radius 2 is 0.817 bits per heavy atom. The smallest absolute Gasteiger partial charge is 0.275 e. The number of benzene rings is 10. The molecule has 5 amide bonds. The van der Waals surface area contributed by atoms with Crippen LogP contribution < -0.4 is 10.2 Å². The van der Waals surface area contributed by atoms with Gasteiger partial charge in [-0.15, -0.1) is 0 Å². The molecular weight excluding hydrogens is 1790 g/mol. The van der Waals surface area contributed by atoms with Gasteiger partial charge in [0.15, 0.2) is 0 Å². The van der Waals surface area contributed by atoms with Crippen molar-refractivity contribution in [3.05, 3.63) is 355 Å². The summed E-state index contributed by atoms with van der Waals surface area (Å²) in [5.74, 6) is -6.84. The predicted molar refractivity (Wildman–Crippen MR) is 493 cm³/mol. The molecule has 33 heteroatoms. The fourth-order valence-electron chi connectivity index (χ4n) is 18.4. The number of hydrazone groups is 5. The highest BCUT2D eigenvalue weighted by Gasteiger charge is 2.63. The molecule has 21 rings (SSSR count). The maximum atomic E-state index is 14.4. The highest BCUT2D eigenvalue weighted by atomic mass is 32.2. The van der Waals surface area contributed by atoms with Gasteiger partial charge in [0.1, 0.15) is 98.0 Å². The number of ether oxygens (including phenoxy) is 1. The number of anilines is 2. The zero-order valence-electron chi connectivity index (χ0n) is 71.5. The second kappa shape index (κ2) is 36.8. The van der Waals surface area contributed by atoms with Crippen LogP contribution >= 0.6 is 58.8 Å². The van der Waals surface area contributed by atoms with E-state index in [9.17, 15) is 67.9 Å². The van der Waals surface area contributed by atoms with Crippen LogP contribution in [0.1, 0.15) is 152 Å². The van der Waals surface area contributed by atoms with Crippen molar-refractivity contribution < 1.29 is 72.6 Å². The Bertz CT molecular complexity index is 6500. The number of aryl methyl sites for hydroxylation is 3. The summed E-state index contributed by atoms with van der Waals surface area (Å²) in [5, 5.41) is 34.3. The van der Waals surface area contributed by atoms with E-state index in [1.54, 1.807) is 79.3 Å². The molecule has 131 heavy (non-hydrogen) atoms. The van der Waals surface area contributed by atoms with E-state index in [1.807, 2.05) is 53.3 Å². The Hall–Kier alpha value is -11.8. The number of fused-ring (bicyclic) bond motifs is 10. The minimum absolute atomic E-state index is 0.00545. The number of allylic oxidation sites excluding steroid dienone is 1. The first kappa shape index (κ1) is 91.2. The summed E-state index contributed by atoms with van der Waals surface area (Å²) in [6.07, 6.45) is 9.30. The summed E-state index contributed by atoms with van der Waals surface area (Å²) in [5.41, 5.74) is 10.4. The average Bonchev–Trinajstić information content (AvgIpc) is 1.53. The van der Waals surface area contributed by atoms with Crippen molar-refractivity contribution in [1.29, 1.82) is 0 Å². The molecule has 1 N–H and O–H groups in total. The SMILES string of the molecule is C=C(C)N1C(=O)C2(SC(c3cc(F)ccc3F)=NN2C(C)=O)c2ccccc21.CC(=O)N1N=C(c2cc(F)ccc2F)SC12C(=O)Nc1ccccc12.CC1CC(C(=O)N2N=C(c3cc(F)ccc3F)SC23CCc2ccccc23)C1.CCN1N=C(c2cc(F)ccc2F)SC12CCCc1ccccc12.COCCN1N=C(c2cc(F)ccc2F)SC12CCCc1ccccc12. The second-order valence-electron chi connectivity index (χ2n) is 32.8. The van der Waals surface area contributed by atoms with E-state index < -0.39 is 96.4 Å². The molecule has 5 unspecified atom stereocenters. The molecule has 1 fully saturated rings. The molecule has 7 heterocycles. The van der Waals surface area contributed by atoms with Gasteiger partial charge in [-0.2, -0.15) is 25.5 Å². The Morgan fingerprint density at radius 1 is 0.443 bits per heavy atom. The van der Waals surface area contributed by atoms with Crippen LogP contribution in [0.15, 0.2) is 250 Å². The van der Waals surface area contributed by atoms with Crippen LogP contribution in [-0.4, -0.2) is 107 Å². The monoisotopic (exact) mass is 1870 g/mol. The molecule has 0 aromatic heterocycles. The zero-order chi connectivity index (χ0) is 92.3. The van der Waals surface area contributed by atoms with Crippen LogP contribution in [-0.2, 0) is 72.3 Å². The third kappa shape index (κ3) is 16.5. The van der Waals surface area contributed by atoms with Gasteiger partial charge in [-0.05, 0) is 220 Å². The molecule has 5 atom stereocenters. The molecule has 5 spiro atoms. The molecular formula is C98H84F10N12O6S5. The number of carbonyl (C=O) groups is 5. The largest absolute Gasteiger partial charge is 0.383 e. The first-order valence-electron chi connectivity index (χ1n) is 42.4. The van der Waals surface area contributed by atoms with E-state index in [4.69, 9.17) is 9.84 Å². The predicted octanol–water partition coefficient (Wildman–Crippen LogP) is 21.4. The van der Waals surface area contributed by atoms with E-state index in [0.29, 0.717) is 62.4 Å². The van der Waals surface area contributed by atoms with Gasteiger partial charge in [-0.3, -0.25) is 38.9 Å². The van der Waals surface area contributed by atoms with E-state index in [0.717, 1.165) is 183 Å². The summed E-state index contributed by atoms with van der Waals surface area (Å²) >= 11 is 6.30. The van der Waals surface area contributed by atoms with E-state index in [2.05, 4.69) is 75.6 Å². The number of hydrogen-bond acceptors (Lipinski definition) is 18. The Kier molecular flexibility index (Phi) is 25.6. The number of nitrogens with one attached hydrogen (secondary N) is 1. The topological polar surface area (TPSA) is 188 Å². The van der Waals surface area contributed by atoms with Crippen LogP contribution in [0.25, 0.3) is 0 Å². The number of para-hydroxylation sites is 2. The lowest BCUT2D eigenvalue weighted by Gasteiger charge is -2.41. The Morgan fingerprint density at radius 3 is 1.27 bits per heavy atom. The molecule has 0 radical (unpaired) electrons. The molecule has 0 bridgehead atoms. The summed E-state index contributed by atoms with van der Waals surface area (Å²) in [6, 6.07) is 55.1. The standard InChI is InChI=1S/C22H20F2N2OS.C20H15F2N3O2S.C20H20F2N2OS.C19H18F2N2S.C17H11F2N3O2S/c1-13-10-15(11-13)21(27)26-22(9-8-14-4-2-3-5-18(14)22)28-20(25-26)17-12-16(23)6-7-19(17)24;1-11(2)24-17-7-5-4-6-15(17)20(19(24)27)25(12(3)26)23-18(28-20)14-10-13(21)8-9-16(14)22;1-25-12-11-24-20(10-4-6-14-5-2-3-7-17(14)20)26-19(23-24)16-13-15(21)8-9-18(16)22;1-2-23-19(11-5-7-13-6-3-4-8-16(13)19)24-18(22-23)15-12-14(20)9-10-17(15)21;1-9(23)22-17(12-4-2-3-5-14(12)20-16(17)24)25-15(21-22)11-8-10(18)6-7-13(11)19/h2-7,12-13,15H,8-11H2,1H3;4-10H,1H2,2-3H3;2-3,5,7-9,13H,4,6,10-12H2,1H3;3-4,6,8-10,12H,2,5,7,11H2,1H3;2-8H,1H3,(H,20,24). The number of halogens is 10. The Labute approximate surface area is 770 Å². The van der Waals surface area contributed by atoms with Crippen molar-refractivity contribution in [2.75, 3.05) is 37.0 Å². The highest BCUT2D eigenvalue weighted by Crippen LogP contribution is 2.61. The van der Waals surface area contributed by atoms with Crippen molar-refractivity contribution in [3.8, 4) is 0 Å². The number of amides is 5. The highest BCUT2D eigenvalue weighted by molar-refractivity contribution is 8.17. The van der Waals surface area contributed by atoms with Crippen molar-refractivity contribution in [2.24, 2.45) is 37.3 Å². The molecule has 0 saturated heterocycles. The number of rotatable bonds is 11. The molecule has 10 aromatic carbocycles. The van der Waals surface area contributed by atoms with Gasteiger partial charge in [-0.25, -0.2) is 58.9 Å². The first-order valence-corrected chi connectivity index (χ1v) is 46.4. The maximum Gasteiger partial charge on any atom is 0.275 e. The summed E-state index contributed by atoms with van der Waals surface area (Å²) in [7, 11) is 1.65. The van der Waals surface area contributed by atoms with Crippen LogP contribution in [0.2, 0.25) is 0 Å². The summed E-state index contributed by atoms with van der Waals surface area (Å²) in [6.45, 7) is 14.1. The fourth-order valence-corrected chi connectivity index (χ4v) is 25.6. The lowest BCUT2D eigenvalue weighted by atomic mass is 9.75. The van der Waals surface area contributed by atoms with Gasteiger partial charge in [0.25, 0.3) is 11.8 Å². The molecule has 7 aliphatic heterocycles. The van der Waals surface area contributed by atoms with Gasteiger partial charge < -0.3 is 10.1 Å². The van der Waals surface area contributed by atoms with E-state index in [-0.39, 0.29) is 59.5 Å². The molecule has 4 aliphatic carbocycles.